The smallest absolute Gasteiger partial charge is 0.170 e. The average Bonchev–Trinajstić information content (AvgIpc) is 2.47. The number of methoxy groups -OCH3 is 1. The summed E-state index contributed by atoms with van der Waals surface area (Å²) in [6, 6.07) is 7.49. The Morgan fingerprint density at radius 3 is 2.63 bits per heavy atom. The Balaban J connectivity index is 2.01. The molecular formula is C16H23NO2. The van der Waals surface area contributed by atoms with Crippen LogP contribution in [0, 0.1) is 5.92 Å². The molecule has 0 N–H and O–H groups in total. The summed E-state index contributed by atoms with van der Waals surface area (Å²) in [5.74, 6) is 0.885. The summed E-state index contributed by atoms with van der Waals surface area (Å²) in [5.41, 5.74) is 0.703. The van der Waals surface area contributed by atoms with Gasteiger partial charge in [-0.2, -0.15) is 0 Å². The molecule has 1 aromatic carbocycles. The highest BCUT2D eigenvalue weighted by atomic mass is 16.5. The van der Waals surface area contributed by atoms with Crippen molar-refractivity contribution >= 4 is 5.78 Å². The van der Waals surface area contributed by atoms with Gasteiger partial charge in [0.1, 0.15) is 5.75 Å². The molecule has 1 heterocycles. The third-order valence-corrected chi connectivity index (χ3v) is 3.80. The third kappa shape index (κ3) is 3.57. The lowest BCUT2D eigenvalue weighted by Crippen LogP contribution is -2.35. The first-order valence-electron chi connectivity index (χ1n) is 7.12. The van der Waals surface area contributed by atoms with E-state index in [2.05, 4.69) is 4.90 Å². The maximum Gasteiger partial charge on any atom is 0.170 e. The van der Waals surface area contributed by atoms with Crippen LogP contribution in [0.5, 0.6) is 5.75 Å². The van der Waals surface area contributed by atoms with Gasteiger partial charge in [0, 0.05) is 12.5 Å². The number of piperidine rings is 1. The van der Waals surface area contributed by atoms with Crippen molar-refractivity contribution in [3.05, 3.63) is 29.8 Å². The molecule has 0 aliphatic carbocycles. The van der Waals surface area contributed by atoms with Crippen molar-refractivity contribution in [1.29, 1.82) is 0 Å². The summed E-state index contributed by atoms with van der Waals surface area (Å²) in [5, 5.41) is 0. The number of ether oxygens (including phenoxy) is 1. The summed E-state index contributed by atoms with van der Waals surface area (Å²) < 4.78 is 5.27. The van der Waals surface area contributed by atoms with Crippen LogP contribution >= 0.6 is 0 Å². The van der Waals surface area contributed by atoms with Crippen molar-refractivity contribution < 1.29 is 9.53 Å². The van der Waals surface area contributed by atoms with Crippen molar-refractivity contribution in [3.8, 4) is 5.75 Å². The second kappa shape index (κ2) is 6.71. The zero-order chi connectivity index (χ0) is 13.7. The Bertz CT molecular complexity index is 425. The Kier molecular flexibility index (Phi) is 4.97. The molecule has 3 nitrogen and oxygen atoms in total. The van der Waals surface area contributed by atoms with Crippen LogP contribution in [0.1, 0.15) is 36.5 Å². The standard InChI is InChI=1S/C16H23NO2/c1-13(12-17-10-6-3-7-11-17)16(18)14-8-4-5-9-15(14)19-2/h4-5,8-9,13H,3,6-7,10-12H2,1-2H3. The number of ketones is 1. The van der Waals surface area contributed by atoms with E-state index in [-0.39, 0.29) is 11.7 Å². The first kappa shape index (κ1) is 14.1. The van der Waals surface area contributed by atoms with Crippen molar-refractivity contribution in [2.75, 3.05) is 26.7 Å². The van der Waals surface area contributed by atoms with Gasteiger partial charge in [0.05, 0.1) is 12.7 Å². The number of hydrogen-bond donors (Lipinski definition) is 0. The molecule has 0 amide bonds. The SMILES string of the molecule is COc1ccccc1C(=O)C(C)CN1CCCCC1. The van der Waals surface area contributed by atoms with Gasteiger partial charge >= 0.3 is 0 Å². The summed E-state index contributed by atoms with van der Waals surface area (Å²) in [6.45, 7) is 5.13. The molecule has 0 bridgehead atoms. The molecule has 104 valence electrons. The molecule has 1 unspecified atom stereocenters. The molecule has 1 aliphatic heterocycles. The van der Waals surface area contributed by atoms with E-state index in [0.717, 1.165) is 19.6 Å². The number of likely N-dealkylation sites (tertiary alicyclic amines) is 1. The predicted molar refractivity (Wildman–Crippen MR) is 76.8 cm³/mol. The summed E-state index contributed by atoms with van der Waals surface area (Å²) in [6.07, 6.45) is 3.84. The Hall–Kier alpha value is -1.35. The highest BCUT2D eigenvalue weighted by Crippen LogP contribution is 2.22. The van der Waals surface area contributed by atoms with Crippen LogP contribution in [-0.4, -0.2) is 37.4 Å². The topological polar surface area (TPSA) is 29.5 Å². The van der Waals surface area contributed by atoms with E-state index < -0.39 is 0 Å². The largest absolute Gasteiger partial charge is 0.496 e. The number of carbonyl (C=O) groups is 1. The summed E-state index contributed by atoms with van der Waals surface area (Å²) >= 11 is 0. The van der Waals surface area contributed by atoms with Gasteiger partial charge < -0.3 is 9.64 Å². The van der Waals surface area contributed by atoms with E-state index in [0.29, 0.717) is 11.3 Å². The first-order chi connectivity index (χ1) is 9.22. The molecule has 1 saturated heterocycles. The molecule has 1 atom stereocenters. The molecular weight excluding hydrogens is 238 g/mol. The van der Waals surface area contributed by atoms with Gasteiger partial charge in [-0.3, -0.25) is 4.79 Å². The van der Waals surface area contributed by atoms with Crippen LogP contribution in [0.25, 0.3) is 0 Å². The van der Waals surface area contributed by atoms with Crippen LogP contribution in [0.3, 0.4) is 0 Å². The molecule has 19 heavy (non-hydrogen) atoms. The van der Waals surface area contributed by atoms with Crippen molar-refractivity contribution in [2.45, 2.75) is 26.2 Å². The minimum absolute atomic E-state index is 0.0226. The average molecular weight is 261 g/mol. The highest BCUT2D eigenvalue weighted by molar-refractivity contribution is 6.00. The third-order valence-electron chi connectivity index (χ3n) is 3.80. The number of benzene rings is 1. The highest BCUT2D eigenvalue weighted by Gasteiger charge is 2.22. The zero-order valence-corrected chi connectivity index (χ0v) is 11.9. The normalized spacial score (nSPS) is 18.0. The molecule has 0 spiro atoms. The fourth-order valence-electron chi connectivity index (χ4n) is 2.73. The Morgan fingerprint density at radius 1 is 1.26 bits per heavy atom. The fraction of sp³-hybridized carbons (Fsp3) is 0.562. The monoisotopic (exact) mass is 261 g/mol. The fourth-order valence-corrected chi connectivity index (χ4v) is 2.73. The lowest BCUT2D eigenvalue weighted by Gasteiger charge is -2.28. The van der Waals surface area contributed by atoms with Crippen LogP contribution in [-0.2, 0) is 0 Å². The van der Waals surface area contributed by atoms with E-state index in [1.54, 1.807) is 7.11 Å². The lowest BCUT2D eigenvalue weighted by molar-refractivity contribution is 0.0880. The Morgan fingerprint density at radius 2 is 1.95 bits per heavy atom. The maximum atomic E-state index is 12.5. The number of carbonyl (C=O) groups excluding carboxylic acids is 1. The van der Waals surface area contributed by atoms with Crippen LogP contribution < -0.4 is 4.74 Å². The molecule has 1 aromatic rings. The lowest BCUT2D eigenvalue weighted by atomic mass is 9.97. The first-order valence-corrected chi connectivity index (χ1v) is 7.12. The molecule has 2 rings (SSSR count). The van der Waals surface area contributed by atoms with Crippen LogP contribution in [0.4, 0.5) is 0 Å². The summed E-state index contributed by atoms with van der Waals surface area (Å²) in [7, 11) is 1.61. The van der Waals surface area contributed by atoms with Gasteiger partial charge in [0.15, 0.2) is 5.78 Å². The molecule has 0 saturated carbocycles. The van der Waals surface area contributed by atoms with Crippen molar-refractivity contribution in [3.63, 3.8) is 0 Å². The number of Topliss-reactive ketones (excluding diaryl/α,β-unsaturated/α-hetero) is 1. The van der Waals surface area contributed by atoms with Crippen molar-refractivity contribution in [2.24, 2.45) is 5.92 Å². The number of hydrogen-bond acceptors (Lipinski definition) is 3. The van der Waals surface area contributed by atoms with E-state index >= 15 is 0 Å². The van der Waals surface area contributed by atoms with Crippen LogP contribution in [0.15, 0.2) is 24.3 Å². The van der Waals surface area contributed by atoms with E-state index in [1.165, 1.54) is 19.3 Å². The van der Waals surface area contributed by atoms with Gasteiger partial charge in [-0.05, 0) is 38.1 Å². The number of rotatable bonds is 5. The zero-order valence-electron chi connectivity index (χ0n) is 11.9. The quantitative estimate of drug-likeness (QED) is 0.763. The molecule has 3 heteroatoms. The van der Waals surface area contributed by atoms with Gasteiger partial charge in [0.2, 0.25) is 0 Å². The van der Waals surface area contributed by atoms with E-state index in [1.807, 2.05) is 31.2 Å². The molecule has 0 aromatic heterocycles. The van der Waals surface area contributed by atoms with Crippen molar-refractivity contribution in [1.82, 2.24) is 4.90 Å². The van der Waals surface area contributed by atoms with Gasteiger partial charge in [-0.15, -0.1) is 0 Å². The maximum absolute atomic E-state index is 12.5. The molecule has 1 fully saturated rings. The number of para-hydroxylation sites is 1. The van der Waals surface area contributed by atoms with Gasteiger partial charge in [-0.25, -0.2) is 0 Å². The second-order valence-electron chi connectivity index (χ2n) is 5.33. The molecule has 0 radical (unpaired) electrons. The van der Waals surface area contributed by atoms with Gasteiger partial charge in [0.25, 0.3) is 0 Å². The number of nitrogens with zero attached hydrogens (tertiary/aromatic N) is 1. The van der Waals surface area contributed by atoms with Crippen LogP contribution in [0.2, 0.25) is 0 Å². The minimum atomic E-state index is 0.0226. The summed E-state index contributed by atoms with van der Waals surface area (Å²) in [4.78, 5) is 14.9. The Labute approximate surface area is 115 Å². The van der Waals surface area contributed by atoms with E-state index in [4.69, 9.17) is 4.74 Å². The second-order valence-corrected chi connectivity index (χ2v) is 5.33. The van der Waals surface area contributed by atoms with E-state index in [9.17, 15) is 4.79 Å². The molecule has 1 aliphatic rings. The predicted octanol–water partition coefficient (Wildman–Crippen LogP) is 3.00. The minimum Gasteiger partial charge on any atom is -0.496 e. The van der Waals surface area contributed by atoms with Gasteiger partial charge in [-0.1, -0.05) is 25.5 Å².